The van der Waals surface area contributed by atoms with Crippen LogP contribution in [0.1, 0.15) is 0 Å². The first-order valence-electron chi connectivity index (χ1n) is 2.37. The Labute approximate surface area is 58.2 Å². The van der Waals surface area contributed by atoms with Gasteiger partial charge in [-0.1, -0.05) is 0 Å². The minimum atomic E-state index is -4.90. The molecule has 66 valence electrons. The van der Waals surface area contributed by atoms with Crippen molar-refractivity contribution in [3.63, 3.8) is 0 Å². The Morgan fingerprint density at radius 2 is 1.73 bits per heavy atom. The summed E-state index contributed by atoms with van der Waals surface area (Å²) in [6.07, 6.45) is -7.55. The van der Waals surface area contributed by atoms with Crippen molar-refractivity contribution in [1.29, 1.82) is 0 Å². The van der Waals surface area contributed by atoms with Crippen molar-refractivity contribution in [2.45, 2.75) is 18.5 Å². The second-order valence-corrected chi connectivity index (χ2v) is 1.72. The largest absolute Gasteiger partial charge is 0.479 e. The average molecular weight is 176 g/mol. The molecule has 0 bridgehead atoms. The molecule has 0 fully saturated rings. The molecule has 0 heterocycles. The third kappa shape index (κ3) is 2.04. The summed E-state index contributed by atoms with van der Waals surface area (Å²) in [4.78, 5) is 9.59. The third-order valence-corrected chi connectivity index (χ3v) is 0.889. The van der Waals surface area contributed by atoms with Crippen LogP contribution < -0.4 is 0 Å². The fourth-order valence-electron chi connectivity index (χ4n) is 0.284. The average Bonchev–Trinajstić information content (AvgIpc) is 1.85. The quantitative estimate of drug-likeness (QED) is 0.609. The van der Waals surface area contributed by atoms with Gasteiger partial charge < -0.3 is 10.2 Å². The molecule has 0 spiro atoms. The van der Waals surface area contributed by atoms with E-state index >= 15 is 0 Å². The lowest BCUT2D eigenvalue weighted by Crippen LogP contribution is -2.45. The molecule has 0 aliphatic rings. The molecule has 0 saturated heterocycles. The molecule has 0 aromatic heterocycles. The van der Waals surface area contributed by atoms with Gasteiger partial charge in [-0.05, 0) is 0 Å². The van der Waals surface area contributed by atoms with Crippen LogP contribution in [0.2, 0.25) is 0 Å². The van der Waals surface area contributed by atoms with Crippen LogP contribution >= 0.6 is 0 Å². The summed E-state index contributed by atoms with van der Waals surface area (Å²) < 4.78 is 46.1. The smallest absolute Gasteiger partial charge is 0.343 e. The zero-order valence-electron chi connectivity index (χ0n) is 4.97. The molecule has 2 N–H and O–H groups in total. The van der Waals surface area contributed by atoms with E-state index in [-0.39, 0.29) is 0 Å². The summed E-state index contributed by atoms with van der Waals surface area (Å²) in [5.74, 6) is -7.28. The summed E-state index contributed by atoms with van der Waals surface area (Å²) in [7, 11) is 0. The molecule has 0 aliphatic heterocycles. The number of aliphatic hydroxyl groups is 1. The normalized spacial score (nSPS) is 15.1. The molecule has 11 heavy (non-hydrogen) atoms. The standard InChI is InChI=1S/C4H4F4O3/c5-3(6)4(7,8)1(9)2(10)11/h1,3,9H,(H,10,11). The fourth-order valence-corrected chi connectivity index (χ4v) is 0.284. The van der Waals surface area contributed by atoms with Crippen LogP contribution in [0.4, 0.5) is 17.6 Å². The third-order valence-electron chi connectivity index (χ3n) is 0.889. The lowest BCUT2D eigenvalue weighted by molar-refractivity contribution is -0.205. The van der Waals surface area contributed by atoms with Gasteiger partial charge in [0.15, 0.2) is 0 Å². The van der Waals surface area contributed by atoms with E-state index in [4.69, 9.17) is 10.2 Å². The van der Waals surface area contributed by atoms with Gasteiger partial charge in [0.05, 0.1) is 0 Å². The van der Waals surface area contributed by atoms with Gasteiger partial charge in [-0.3, -0.25) is 0 Å². The van der Waals surface area contributed by atoms with Gasteiger partial charge in [-0.15, -0.1) is 0 Å². The van der Waals surface area contributed by atoms with E-state index in [0.29, 0.717) is 0 Å². The molecule has 0 aromatic carbocycles. The van der Waals surface area contributed by atoms with Crippen molar-refractivity contribution < 1.29 is 32.6 Å². The summed E-state index contributed by atoms with van der Waals surface area (Å²) >= 11 is 0. The number of aliphatic hydroxyl groups excluding tert-OH is 1. The van der Waals surface area contributed by atoms with Gasteiger partial charge in [0, 0.05) is 0 Å². The van der Waals surface area contributed by atoms with E-state index < -0.39 is 24.4 Å². The Morgan fingerprint density at radius 3 is 1.82 bits per heavy atom. The second-order valence-electron chi connectivity index (χ2n) is 1.72. The molecular weight excluding hydrogens is 172 g/mol. The first-order valence-corrected chi connectivity index (χ1v) is 2.37. The highest BCUT2D eigenvalue weighted by atomic mass is 19.3. The minimum Gasteiger partial charge on any atom is -0.479 e. The maximum atomic E-state index is 11.8. The lowest BCUT2D eigenvalue weighted by atomic mass is 10.2. The molecule has 1 atom stereocenters. The monoisotopic (exact) mass is 176 g/mol. The number of halogens is 4. The van der Waals surface area contributed by atoms with Crippen LogP contribution in [0.15, 0.2) is 0 Å². The van der Waals surface area contributed by atoms with Crippen molar-refractivity contribution in [3.8, 4) is 0 Å². The predicted molar refractivity (Wildman–Crippen MR) is 24.6 cm³/mol. The Morgan fingerprint density at radius 1 is 1.36 bits per heavy atom. The van der Waals surface area contributed by atoms with E-state index in [0.717, 1.165) is 0 Å². The maximum absolute atomic E-state index is 11.8. The molecule has 7 heteroatoms. The van der Waals surface area contributed by atoms with Gasteiger partial charge >= 0.3 is 18.3 Å². The Bertz CT molecular complexity index is 157. The number of aliphatic carboxylic acids is 1. The van der Waals surface area contributed by atoms with Crippen LogP contribution in [0, 0.1) is 0 Å². The van der Waals surface area contributed by atoms with Gasteiger partial charge in [-0.25, -0.2) is 13.6 Å². The number of hydrogen-bond donors (Lipinski definition) is 2. The maximum Gasteiger partial charge on any atom is 0.343 e. The van der Waals surface area contributed by atoms with Crippen LogP contribution in [0.25, 0.3) is 0 Å². The SMILES string of the molecule is O=C(O)C(O)C(F)(F)C(F)F. The molecule has 3 nitrogen and oxygen atoms in total. The molecule has 0 aliphatic carbocycles. The highest BCUT2D eigenvalue weighted by Gasteiger charge is 2.51. The zero-order valence-corrected chi connectivity index (χ0v) is 4.97. The summed E-state index contributed by atoms with van der Waals surface area (Å²) in [5, 5.41) is 15.7. The van der Waals surface area contributed by atoms with Gasteiger partial charge in [0.2, 0.25) is 6.10 Å². The predicted octanol–water partition coefficient (Wildman–Crippen LogP) is 0.332. The molecule has 0 aromatic rings. The number of carbonyl (C=O) groups is 1. The number of carboxylic acid groups (broad SMARTS) is 1. The van der Waals surface area contributed by atoms with Crippen molar-refractivity contribution in [1.82, 2.24) is 0 Å². The minimum absolute atomic E-state index is 2.38. The fraction of sp³-hybridized carbons (Fsp3) is 0.750. The number of carboxylic acids is 1. The molecular formula is C4H4F4O3. The Balaban J connectivity index is 4.41. The van der Waals surface area contributed by atoms with Crippen LogP contribution in [0.5, 0.6) is 0 Å². The first kappa shape index (κ1) is 10.2. The van der Waals surface area contributed by atoms with Crippen LogP contribution in [-0.2, 0) is 4.79 Å². The van der Waals surface area contributed by atoms with Crippen LogP contribution in [-0.4, -0.2) is 34.6 Å². The summed E-state index contributed by atoms with van der Waals surface area (Å²) in [5.41, 5.74) is 0. The highest BCUT2D eigenvalue weighted by Crippen LogP contribution is 2.26. The number of hydrogen-bond acceptors (Lipinski definition) is 2. The summed E-state index contributed by atoms with van der Waals surface area (Å²) in [6, 6.07) is 0. The second kappa shape index (κ2) is 3.04. The van der Waals surface area contributed by atoms with Crippen molar-refractivity contribution in [3.05, 3.63) is 0 Å². The van der Waals surface area contributed by atoms with Gasteiger partial charge in [0.25, 0.3) is 0 Å². The topological polar surface area (TPSA) is 57.5 Å². The highest BCUT2D eigenvalue weighted by molar-refractivity contribution is 5.73. The van der Waals surface area contributed by atoms with Crippen molar-refractivity contribution in [2.75, 3.05) is 0 Å². The first-order chi connectivity index (χ1) is 4.80. The van der Waals surface area contributed by atoms with Crippen molar-refractivity contribution in [2.24, 2.45) is 0 Å². The number of rotatable bonds is 3. The molecule has 1 unspecified atom stereocenters. The van der Waals surface area contributed by atoms with Crippen LogP contribution in [0.3, 0.4) is 0 Å². The molecule has 0 saturated carbocycles. The van der Waals surface area contributed by atoms with E-state index in [2.05, 4.69) is 0 Å². The summed E-state index contributed by atoms with van der Waals surface area (Å²) in [6.45, 7) is 0. The molecule has 0 amide bonds. The van der Waals surface area contributed by atoms with Crippen molar-refractivity contribution >= 4 is 5.97 Å². The number of alkyl halides is 4. The van der Waals surface area contributed by atoms with Gasteiger partial charge in [0.1, 0.15) is 0 Å². The van der Waals surface area contributed by atoms with E-state index in [1.54, 1.807) is 0 Å². The zero-order chi connectivity index (χ0) is 9.23. The molecule has 0 rings (SSSR count). The van der Waals surface area contributed by atoms with Gasteiger partial charge in [-0.2, -0.15) is 8.78 Å². The van der Waals surface area contributed by atoms with E-state index in [1.165, 1.54) is 0 Å². The van der Waals surface area contributed by atoms with E-state index in [1.807, 2.05) is 0 Å². The Kier molecular flexibility index (Phi) is 2.80. The Hall–Kier alpha value is -0.850. The van der Waals surface area contributed by atoms with E-state index in [9.17, 15) is 22.4 Å². The lowest BCUT2D eigenvalue weighted by Gasteiger charge is -2.17. The molecule has 0 radical (unpaired) electrons.